The molecule has 2 bridgehead atoms. The topological polar surface area (TPSA) is 69.9 Å². The summed E-state index contributed by atoms with van der Waals surface area (Å²) in [6, 6.07) is 0. The van der Waals surface area contributed by atoms with Gasteiger partial charge >= 0.3 is 0 Å². The molecule has 0 aromatic carbocycles. The molecule has 4 nitrogen and oxygen atoms in total. The Morgan fingerprint density at radius 1 is 1.13 bits per heavy atom. The summed E-state index contributed by atoms with van der Waals surface area (Å²) in [6.45, 7) is 1.59. The van der Waals surface area contributed by atoms with Crippen molar-refractivity contribution in [2.75, 3.05) is 13.2 Å². The number of aliphatic hydroxyl groups is 3. The van der Waals surface area contributed by atoms with E-state index in [0.717, 1.165) is 0 Å². The minimum Gasteiger partial charge on any atom is -0.393 e. The molecule has 0 spiro atoms. The van der Waals surface area contributed by atoms with Gasteiger partial charge < -0.3 is 20.1 Å². The largest absolute Gasteiger partial charge is 0.393 e. The monoisotopic (exact) mass is 214 g/mol. The number of hydrogen-bond donors (Lipinski definition) is 3. The second-order valence-corrected chi connectivity index (χ2v) is 4.81. The summed E-state index contributed by atoms with van der Waals surface area (Å²) in [6.07, 6.45) is 4.94. The molecule has 4 heteroatoms. The zero-order chi connectivity index (χ0) is 11.2. The molecule has 3 N–H and O–H groups in total. The van der Waals surface area contributed by atoms with Crippen molar-refractivity contribution in [3.05, 3.63) is 12.2 Å². The fraction of sp³-hybridized carbons (Fsp3) is 0.818. The van der Waals surface area contributed by atoms with E-state index in [-0.39, 0.29) is 13.2 Å². The zero-order valence-corrected chi connectivity index (χ0v) is 8.94. The molecule has 86 valence electrons. The first-order valence-electron chi connectivity index (χ1n) is 5.36. The highest BCUT2D eigenvalue weighted by Crippen LogP contribution is 2.48. The molecule has 1 saturated heterocycles. The van der Waals surface area contributed by atoms with E-state index in [0.29, 0.717) is 19.3 Å². The summed E-state index contributed by atoms with van der Waals surface area (Å²) >= 11 is 0. The molecule has 2 rings (SSSR count). The first-order chi connectivity index (χ1) is 7.01. The van der Waals surface area contributed by atoms with E-state index in [2.05, 4.69) is 0 Å². The van der Waals surface area contributed by atoms with Gasteiger partial charge in [0.2, 0.25) is 0 Å². The highest BCUT2D eigenvalue weighted by molar-refractivity contribution is 5.25. The van der Waals surface area contributed by atoms with Crippen LogP contribution in [0, 0.1) is 0 Å². The van der Waals surface area contributed by atoms with Crippen molar-refractivity contribution in [3.8, 4) is 0 Å². The molecule has 0 aromatic rings. The van der Waals surface area contributed by atoms with Crippen molar-refractivity contribution < 1.29 is 20.1 Å². The van der Waals surface area contributed by atoms with Crippen LogP contribution in [0.2, 0.25) is 0 Å². The summed E-state index contributed by atoms with van der Waals surface area (Å²) in [4.78, 5) is 0. The molecule has 0 aromatic heterocycles. The van der Waals surface area contributed by atoms with Gasteiger partial charge in [-0.3, -0.25) is 0 Å². The van der Waals surface area contributed by atoms with Gasteiger partial charge in [-0.05, 0) is 6.42 Å². The lowest BCUT2D eigenvalue weighted by molar-refractivity contribution is -0.217. The number of ether oxygens (including phenoxy) is 1. The van der Waals surface area contributed by atoms with E-state index in [9.17, 15) is 15.3 Å². The summed E-state index contributed by atoms with van der Waals surface area (Å²) in [5.41, 5.74) is -2.45. The predicted molar refractivity (Wildman–Crippen MR) is 54.3 cm³/mol. The van der Waals surface area contributed by atoms with Gasteiger partial charge in [0.05, 0.1) is 18.8 Å². The van der Waals surface area contributed by atoms with Crippen LogP contribution in [0.5, 0.6) is 0 Å². The number of hydrogen-bond acceptors (Lipinski definition) is 4. The fourth-order valence-corrected chi connectivity index (χ4v) is 2.67. The van der Waals surface area contributed by atoms with Crippen LogP contribution in [0.1, 0.15) is 26.2 Å². The Bertz CT molecular complexity index is 266. The Morgan fingerprint density at radius 2 is 1.60 bits per heavy atom. The third-order valence-corrected chi connectivity index (χ3v) is 3.55. The summed E-state index contributed by atoms with van der Waals surface area (Å²) in [7, 11) is 0. The number of fused-ring (bicyclic) bond motifs is 2. The second kappa shape index (κ2) is 3.28. The SMILES string of the molecule is CC[C@]1(O)C[C@@]2(CO)C=C[C@@](CO)(C1)O2. The molecule has 3 atom stereocenters. The molecule has 0 saturated carbocycles. The Kier molecular flexibility index (Phi) is 2.43. The molecule has 0 amide bonds. The Morgan fingerprint density at radius 3 is 1.93 bits per heavy atom. The van der Waals surface area contributed by atoms with E-state index in [1.54, 1.807) is 12.2 Å². The van der Waals surface area contributed by atoms with Crippen molar-refractivity contribution in [2.24, 2.45) is 0 Å². The molecule has 0 aliphatic carbocycles. The Hall–Kier alpha value is -0.420. The maximum absolute atomic E-state index is 10.3. The molecular weight excluding hydrogens is 196 g/mol. The van der Waals surface area contributed by atoms with Crippen molar-refractivity contribution >= 4 is 0 Å². The highest BCUT2D eigenvalue weighted by Gasteiger charge is 2.55. The lowest BCUT2D eigenvalue weighted by Gasteiger charge is -2.47. The molecule has 0 radical (unpaired) electrons. The van der Waals surface area contributed by atoms with Crippen LogP contribution in [0.3, 0.4) is 0 Å². The van der Waals surface area contributed by atoms with E-state index >= 15 is 0 Å². The molecule has 2 heterocycles. The first-order valence-corrected chi connectivity index (χ1v) is 5.36. The summed E-state index contributed by atoms with van der Waals surface area (Å²) < 4.78 is 5.70. The van der Waals surface area contributed by atoms with Gasteiger partial charge in [-0.15, -0.1) is 0 Å². The van der Waals surface area contributed by atoms with Gasteiger partial charge in [0, 0.05) is 12.8 Å². The van der Waals surface area contributed by atoms with Gasteiger partial charge in [0.1, 0.15) is 11.2 Å². The molecule has 1 fully saturated rings. The van der Waals surface area contributed by atoms with E-state index in [1.807, 2.05) is 6.92 Å². The predicted octanol–water partition coefficient (Wildman–Crippen LogP) is -0.0301. The molecule has 15 heavy (non-hydrogen) atoms. The average molecular weight is 214 g/mol. The maximum atomic E-state index is 10.3. The summed E-state index contributed by atoms with van der Waals surface area (Å²) in [5, 5.41) is 29.0. The van der Waals surface area contributed by atoms with E-state index < -0.39 is 16.8 Å². The van der Waals surface area contributed by atoms with E-state index in [1.165, 1.54) is 0 Å². The van der Waals surface area contributed by atoms with Crippen LogP contribution in [0.15, 0.2) is 12.2 Å². The normalized spacial score (nSPS) is 48.5. The number of aliphatic hydroxyl groups excluding tert-OH is 2. The first kappa shape index (κ1) is 11.1. The van der Waals surface area contributed by atoms with Gasteiger partial charge in [-0.2, -0.15) is 0 Å². The third kappa shape index (κ3) is 1.61. The summed E-state index contributed by atoms with van der Waals surface area (Å²) in [5.74, 6) is 0. The smallest absolute Gasteiger partial charge is 0.113 e. The standard InChI is InChI=1S/C11H18O4/c1-2-9(14)5-10(7-12)3-4-11(6-9,8-13)15-10/h3-4,12-14H,2,5-8H2,1H3/t9-,10+,11-. The van der Waals surface area contributed by atoms with Crippen LogP contribution < -0.4 is 0 Å². The quantitative estimate of drug-likeness (QED) is 0.577. The minimum absolute atomic E-state index is 0.159. The van der Waals surface area contributed by atoms with Crippen LogP contribution >= 0.6 is 0 Å². The van der Waals surface area contributed by atoms with Gasteiger partial charge in [0.25, 0.3) is 0 Å². The molecular formula is C11H18O4. The molecule has 2 aliphatic rings. The van der Waals surface area contributed by atoms with Crippen LogP contribution in [-0.2, 0) is 4.74 Å². The maximum Gasteiger partial charge on any atom is 0.113 e. The average Bonchev–Trinajstić information content (AvgIpc) is 2.53. The van der Waals surface area contributed by atoms with E-state index in [4.69, 9.17) is 4.74 Å². The van der Waals surface area contributed by atoms with Crippen LogP contribution in [0.25, 0.3) is 0 Å². The van der Waals surface area contributed by atoms with Crippen LogP contribution in [0.4, 0.5) is 0 Å². The van der Waals surface area contributed by atoms with Crippen molar-refractivity contribution in [1.29, 1.82) is 0 Å². The molecule has 2 aliphatic heterocycles. The van der Waals surface area contributed by atoms with Crippen molar-refractivity contribution in [1.82, 2.24) is 0 Å². The third-order valence-electron chi connectivity index (χ3n) is 3.55. The Labute approximate surface area is 89.2 Å². The van der Waals surface area contributed by atoms with Gasteiger partial charge in [-0.1, -0.05) is 19.1 Å². The van der Waals surface area contributed by atoms with Gasteiger partial charge in [-0.25, -0.2) is 0 Å². The zero-order valence-electron chi connectivity index (χ0n) is 8.94. The van der Waals surface area contributed by atoms with Crippen molar-refractivity contribution in [3.63, 3.8) is 0 Å². The fourth-order valence-electron chi connectivity index (χ4n) is 2.67. The number of rotatable bonds is 3. The molecule has 0 unspecified atom stereocenters. The minimum atomic E-state index is -0.854. The van der Waals surface area contributed by atoms with Gasteiger partial charge in [0.15, 0.2) is 0 Å². The highest BCUT2D eigenvalue weighted by atomic mass is 16.6. The van der Waals surface area contributed by atoms with Crippen molar-refractivity contribution in [2.45, 2.75) is 43.0 Å². The lowest BCUT2D eigenvalue weighted by Crippen LogP contribution is -2.56. The lowest BCUT2D eigenvalue weighted by atomic mass is 9.78. The Balaban J connectivity index is 2.31. The van der Waals surface area contributed by atoms with Crippen LogP contribution in [-0.4, -0.2) is 45.3 Å². The second-order valence-electron chi connectivity index (χ2n) is 4.81.